The van der Waals surface area contributed by atoms with Gasteiger partial charge in [0.25, 0.3) is 0 Å². The molecule has 0 unspecified atom stereocenters. The second-order valence-electron chi connectivity index (χ2n) is 7.00. The molecule has 3 heterocycles. The number of hydrogen-bond donors (Lipinski definition) is 0. The lowest BCUT2D eigenvalue weighted by Crippen LogP contribution is -2.55. The molecule has 2 fully saturated rings. The van der Waals surface area contributed by atoms with Gasteiger partial charge in [0.05, 0.1) is 18.9 Å². The predicted octanol–water partition coefficient (Wildman–Crippen LogP) is 2.71. The summed E-state index contributed by atoms with van der Waals surface area (Å²) in [5.74, 6) is 0. The number of hydrogen-bond acceptors (Lipinski definition) is 4. The zero-order valence-electron chi connectivity index (χ0n) is 15.3. The number of likely N-dealkylation sites (tertiary alicyclic amines) is 1. The summed E-state index contributed by atoms with van der Waals surface area (Å²) in [6.45, 7) is 7.71. The van der Waals surface area contributed by atoms with Gasteiger partial charge >= 0.3 is 6.03 Å². The molecule has 2 saturated heterocycles. The van der Waals surface area contributed by atoms with Gasteiger partial charge in [0, 0.05) is 38.8 Å². The van der Waals surface area contributed by atoms with E-state index in [9.17, 15) is 4.79 Å². The highest BCUT2D eigenvalue weighted by Gasteiger charge is 2.36. The van der Waals surface area contributed by atoms with Crippen LogP contribution in [0.1, 0.15) is 25.3 Å². The fraction of sp³-hybridized carbons (Fsp3) is 0.632. The summed E-state index contributed by atoms with van der Waals surface area (Å²) in [6, 6.07) is 8.75. The molecule has 0 radical (unpaired) electrons. The molecular formula is C19H28ClN3O3. The van der Waals surface area contributed by atoms with Crippen LogP contribution < -0.4 is 4.90 Å². The third-order valence-electron chi connectivity index (χ3n) is 5.49. The maximum Gasteiger partial charge on any atom is 0.325 e. The van der Waals surface area contributed by atoms with Gasteiger partial charge in [0.2, 0.25) is 0 Å². The first-order valence-corrected chi connectivity index (χ1v) is 9.38. The first kappa shape index (κ1) is 19.4. The SMILES string of the molecule is CCN1Cc2ccccc2N(C2CCN(CC3OCCO3)CC2)C1=O.Cl. The molecule has 3 aliphatic heterocycles. The number of anilines is 1. The summed E-state index contributed by atoms with van der Waals surface area (Å²) in [6.07, 6.45) is 1.90. The van der Waals surface area contributed by atoms with Crippen molar-refractivity contribution in [1.82, 2.24) is 9.80 Å². The molecule has 0 bridgehead atoms. The van der Waals surface area contributed by atoms with Crippen LogP contribution in [0, 0.1) is 0 Å². The number of para-hydroxylation sites is 1. The van der Waals surface area contributed by atoms with Crippen molar-refractivity contribution in [2.75, 3.05) is 44.3 Å². The Labute approximate surface area is 161 Å². The van der Waals surface area contributed by atoms with Crippen molar-refractivity contribution in [2.24, 2.45) is 0 Å². The minimum atomic E-state index is -0.0792. The summed E-state index contributed by atoms with van der Waals surface area (Å²) in [7, 11) is 0. The van der Waals surface area contributed by atoms with Crippen molar-refractivity contribution in [1.29, 1.82) is 0 Å². The molecule has 0 spiro atoms. The number of nitrogens with zero attached hydrogens (tertiary/aromatic N) is 3. The minimum Gasteiger partial charge on any atom is -0.349 e. The Balaban J connectivity index is 0.00000196. The molecule has 6 nitrogen and oxygen atoms in total. The number of benzene rings is 1. The van der Waals surface area contributed by atoms with E-state index in [0.717, 1.165) is 51.3 Å². The molecule has 1 aromatic carbocycles. The Morgan fingerprint density at radius 2 is 1.81 bits per heavy atom. The Morgan fingerprint density at radius 3 is 2.50 bits per heavy atom. The van der Waals surface area contributed by atoms with Crippen molar-refractivity contribution in [3.05, 3.63) is 29.8 Å². The van der Waals surface area contributed by atoms with Crippen LogP contribution in [0.3, 0.4) is 0 Å². The van der Waals surface area contributed by atoms with Crippen LogP contribution in [0.4, 0.5) is 10.5 Å². The van der Waals surface area contributed by atoms with E-state index >= 15 is 0 Å². The van der Waals surface area contributed by atoms with Gasteiger partial charge < -0.3 is 14.4 Å². The van der Waals surface area contributed by atoms with Crippen molar-refractivity contribution >= 4 is 24.1 Å². The number of fused-ring (bicyclic) bond motifs is 1. The summed E-state index contributed by atoms with van der Waals surface area (Å²) in [4.78, 5) is 19.4. The zero-order chi connectivity index (χ0) is 17.2. The van der Waals surface area contributed by atoms with E-state index in [4.69, 9.17) is 9.47 Å². The summed E-state index contributed by atoms with van der Waals surface area (Å²) < 4.78 is 11.1. The lowest BCUT2D eigenvalue weighted by Gasteiger charge is -2.44. The maximum atomic E-state index is 13.0. The summed E-state index contributed by atoms with van der Waals surface area (Å²) in [5, 5.41) is 0. The molecule has 1 aromatic rings. The van der Waals surface area contributed by atoms with Gasteiger partial charge in [0.15, 0.2) is 6.29 Å². The Hall–Kier alpha value is -1.34. The van der Waals surface area contributed by atoms with Crippen LogP contribution in [0.2, 0.25) is 0 Å². The van der Waals surface area contributed by atoms with Gasteiger partial charge in [-0.1, -0.05) is 18.2 Å². The largest absolute Gasteiger partial charge is 0.349 e. The third kappa shape index (κ3) is 3.83. The van der Waals surface area contributed by atoms with Crippen molar-refractivity contribution in [2.45, 2.75) is 38.6 Å². The van der Waals surface area contributed by atoms with Crippen LogP contribution in [0.5, 0.6) is 0 Å². The molecule has 0 aliphatic carbocycles. The van der Waals surface area contributed by atoms with Crippen LogP contribution in [0.15, 0.2) is 24.3 Å². The van der Waals surface area contributed by atoms with Crippen molar-refractivity contribution in [3.63, 3.8) is 0 Å². The lowest BCUT2D eigenvalue weighted by atomic mass is 9.99. The maximum absolute atomic E-state index is 13.0. The number of carbonyl (C=O) groups is 1. The number of ether oxygens (including phenoxy) is 2. The number of urea groups is 1. The standard InChI is InChI=1S/C19H27N3O3.ClH/c1-2-21-13-15-5-3-4-6-17(15)22(19(21)23)16-7-9-20(10-8-16)14-18-24-11-12-25-18;/h3-6,16,18H,2,7-14H2,1H3;1H. The van der Waals surface area contributed by atoms with E-state index in [-0.39, 0.29) is 30.8 Å². The molecule has 0 aromatic heterocycles. The fourth-order valence-electron chi connectivity index (χ4n) is 4.09. The Bertz CT molecular complexity index is 616. The Morgan fingerprint density at radius 1 is 1.12 bits per heavy atom. The van der Waals surface area contributed by atoms with Gasteiger partial charge in [-0.15, -0.1) is 12.4 Å². The van der Waals surface area contributed by atoms with Crippen LogP contribution in [0.25, 0.3) is 0 Å². The van der Waals surface area contributed by atoms with E-state index in [2.05, 4.69) is 23.1 Å². The smallest absolute Gasteiger partial charge is 0.325 e. The van der Waals surface area contributed by atoms with Gasteiger partial charge in [-0.2, -0.15) is 0 Å². The van der Waals surface area contributed by atoms with E-state index in [1.165, 1.54) is 5.56 Å². The molecular weight excluding hydrogens is 354 g/mol. The molecule has 7 heteroatoms. The third-order valence-corrected chi connectivity index (χ3v) is 5.49. The molecule has 0 N–H and O–H groups in total. The van der Waals surface area contributed by atoms with Gasteiger partial charge in [0.1, 0.15) is 0 Å². The number of amides is 2. The average molecular weight is 382 g/mol. The van der Waals surface area contributed by atoms with Gasteiger partial charge in [-0.05, 0) is 31.4 Å². The summed E-state index contributed by atoms with van der Waals surface area (Å²) >= 11 is 0. The highest BCUT2D eigenvalue weighted by Crippen LogP contribution is 2.33. The fourth-order valence-corrected chi connectivity index (χ4v) is 4.09. The predicted molar refractivity (Wildman–Crippen MR) is 103 cm³/mol. The number of rotatable bonds is 4. The first-order valence-electron chi connectivity index (χ1n) is 9.38. The number of carbonyl (C=O) groups excluding carboxylic acids is 1. The lowest BCUT2D eigenvalue weighted by molar-refractivity contribution is -0.0647. The molecule has 3 aliphatic rings. The molecule has 0 atom stereocenters. The average Bonchev–Trinajstić information content (AvgIpc) is 3.15. The second kappa shape index (κ2) is 8.57. The normalized spacial score (nSPS) is 22.4. The second-order valence-corrected chi connectivity index (χ2v) is 7.00. The molecule has 144 valence electrons. The molecule has 0 saturated carbocycles. The van der Waals surface area contributed by atoms with Crippen molar-refractivity contribution in [3.8, 4) is 0 Å². The first-order chi connectivity index (χ1) is 12.3. The van der Waals surface area contributed by atoms with Crippen molar-refractivity contribution < 1.29 is 14.3 Å². The van der Waals surface area contributed by atoms with Crippen LogP contribution >= 0.6 is 12.4 Å². The molecule has 2 amide bonds. The Kier molecular flexibility index (Phi) is 6.40. The van der Waals surface area contributed by atoms with Gasteiger partial charge in [-0.25, -0.2) is 4.79 Å². The highest BCUT2D eigenvalue weighted by molar-refractivity contribution is 5.95. The topological polar surface area (TPSA) is 45.2 Å². The molecule has 4 rings (SSSR count). The van der Waals surface area contributed by atoms with E-state index in [0.29, 0.717) is 13.2 Å². The van der Waals surface area contributed by atoms with E-state index in [1.807, 2.05) is 22.8 Å². The zero-order valence-corrected chi connectivity index (χ0v) is 16.1. The van der Waals surface area contributed by atoms with Gasteiger partial charge in [-0.3, -0.25) is 9.80 Å². The van der Waals surface area contributed by atoms with E-state index in [1.54, 1.807) is 0 Å². The van der Waals surface area contributed by atoms with E-state index < -0.39 is 0 Å². The number of halogens is 1. The van der Waals surface area contributed by atoms with Crippen LogP contribution in [-0.2, 0) is 16.0 Å². The molecule has 26 heavy (non-hydrogen) atoms. The highest BCUT2D eigenvalue weighted by atomic mass is 35.5. The monoisotopic (exact) mass is 381 g/mol. The van der Waals surface area contributed by atoms with Crippen LogP contribution in [-0.4, -0.2) is 67.6 Å². The summed E-state index contributed by atoms with van der Waals surface area (Å²) in [5.41, 5.74) is 2.34. The minimum absolute atomic E-state index is 0. The number of piperidine rings is 1. The quantitative estimate of drug-likeness (QED) is 0.804.